The molecule has 29 heavy (non-hydrogen) atoms. The highest BCUT2D eigenvalue weighted by Crippen LogP contribution is 2.36. The third kappa shape index (κ3) is 4.01. The lowest BCUT2D eigenvalue weighted by atomic mass is 9.98. The lowest BCUT2D eigenvalue weighted by molar-refractivity contribution is 0.0195. The third-order valence-electron chi connectivity index (χ3n) is 4.93. The predicted molar refractivity (Wildman–Crippen MR) is 112 cm³/mol. The number of pyridine rings is 1. The van der Waals surface area contributed by atoms with Crippen LogP contribution in [0, 0.1) is 6.92 Å². The molecule has 0 bridgehead atoms. The van der Waals surface area contributed by atoms with E-state index in [-0.39, 0.29) is 6.09 Å². The molecule has 0 aliphatic carbocycles. The summed E-state index contributed by atoms with van der Waals surface area (Å²) in [5.74, 6) is 0. The van der Waals surface area contributed by atoms with Crippen molar-refractivity contribution in [1.82, 2.24) is 19.7 Å². The van der Waals surface area contributed by atoms with Gasteiger partial charge < -0.3 is 9.64 Å². The molecule has 0 N–H and O–H groups in total. The van der Waals surface area contributed by atoms with E-state index in [0.717, 1.165) is 28.1 Å². The molecule has 0 atom stereocenters. The van der Waals surface area contributed by atoms with Gasteiger partial charge in [-0.2, -0.15) is 5.10 Å². The van der Waals surface area contributed by atoms with Crippen LogP contribution in [0.3, 0.4) is 0 Å². The number of fused-ring (bicyclic) bond motifs is 1. The number of aryl methyl sites for hydroxylation is 1. The summed E-state index contributed by atoms with van der Waals surface area (Å²) < 4.78 is 7.61. The molecule has 1 amide bonds. The fraction of sp³-hybridized carbons (Fsp3) is 0.348. The van der Waals surface area contributed by atoms with E-state index in [1.807, 2.05) is 37.6 Å². The molecule has 0 unspecified atom stereocenters. The molecule has 0 radical (unpaired) electrons. The average molecular weight is 390 g/mol. The van der Waals surface area contributed by atoms with Gasteiger partial charge >= 0.3 is 6.09 Å². The second-order valence-corrected chi connectivity index (χ2v) is 8.40. The minimum absolute atomic E-state index is 0.289. The summed E-state index contributed by atoms with van der Waals surface area (Å²) in [5, 5.41) is 4.91. The molecule has 3 heterocycles. The first-order valence-corrected chi connectivity index (χ1v) is 9.87. The molecule has 3 aromatic rings. The van der Waals surface area contributed by atoms with E-state index >= 15 is 0 Å². The van der Waals surface area contributed by atoms with E-state index in [2.05, 4.69) is 36.2 Å². The number of rotatable bonds is 2. The molecule has 0 spiro atoms. The highest BCUT2D eigenvalue weighted by atomic mass is 16.6. The van der Waals surface area contributed by atoms with Gasteiger partial charge in [0, 0.05) is 30.1 Å². The summed E-state index contributed by atoms with van der Waals surface area (Å²) >= 11 is 0. The zero-order chi connectivity index (χ0) is 20.6. The maximum absolute atomic E-state index is 12.6. The second-order valence-electron chi connectivity index (χ2n) is 8.40. The van der Waals surface area contributed by atoms with Gasteiger partial charge in [0.05, 0.1) is 18.8 Å². The molecule has 1 aliphatic heterocycles. The number of aromatic nitrogens is 3. The van der Waals surface area contributed by atoms with Crippen LogP contribution in [0.1, 0.15) is 32.0 Å². The van der Waals surface area contributed by atoms with Gasteiger partial charge in [-0.05, 0) is 45.4 Å². The molecule has 4 rings (SSSR count). The van der Waals surface area contributed by atoms with E-state index in [1.165, 1.54) is 5.56 Å². The Kier molecular flexibility index (Phi) is 4.86. The summed E-state index contributed by atoms with van der Waals surface area (Å²) in [6.45, 7) is 9.41. The first-order valence-electron chi connectivity index (χ1n) is 9.87. The number of carbonyl (C=O) groups excluding carboxylic acids is 1. The average Bonchev–Trinajstić information content (AvgIpc) is 3.06. The molecule has 150 valence electrons. The smallest absolute Gasteiger partial charge is 0.410 e. The number of nitrogens with zero attached hydrogens (tertiary/aromatic N) is 4. The summed E-state index contributed by atoms with van der Waals surface area (Å²) in [6.07, 6.45) is 3.28. The SMILES string of the molecule is Cc1ccc(-c2nn3c(c2-c2ccncc2)CN(C(=O)OC(C)(C)C)CC3)cc1. The van der Waals surface area contributed by atoms with Crippen molar-refractivity contribution < 1.29 is 9.53 Å². The Morgan fingerprint density at radius 1 is 1.00 bits per heavy atom. The maximum atomic E-state index is 12.6. The Labute approximate surface area is 171 Å². The Morgan fingerprint density at radius 3 is 2.34 bits per heavy atom. The van der Waals surface area contributed by atoms with Crippen molar-refractivity contribution in [2.45, 2.75) is 46.4 Å². The lowest BCUT2D eigenvalue weighted by Crippen LogP contribution is -2.41. The zero-order valence-electron chi connectivity index (χ0n) is 17.3. The summed E-state index contributed by atoms with van der Waals surface area (Å²) in [6, 6.07) is 12.4. The second kappa shape index (κ2) is 7.35. The van der Waals surface area contributed by atoms with E-state index in [4.69, 9.17) is 9.84 Å². The Morgan fingerprint density at radius 2 is 1.69 bits per heavy atom. The van der Waals surface area contributed by atoms with Crippen LogP contribution in [0.5, 0.6) is 0 Å². The highest BCUT2D eigenvalue weighted by molar-refractivity contribution is 5.83. The van der Waals surface area contributed by atoms with Crippen molar-refractivity contribution in [3.05, 3.63) is 60.0 Å². The highest BCUT2D eigenvalue weighted by Gasteiger charge is 2.30. The van der Waals surface area contributed by atoms with Gasteiger partial charge in [-0.25, -0.2) is 4.79 Å². The quantitative estimate of drug-likeness (QED) is 0.638. The van der Waals surface area contributed by atoms with Crippen molar-refractivity contribution in [3.8, 4) is 22.4 Å². The van der Waals surface area contributed by atoms with Crippen molar-refractivity contribution in [1.29, 1.82) is 0 Å². The monoisotopic (exact) mass is 390 g/mol. The van der Waals surface area contributed by atoms with Gasteiger partial charge in [0.15, 0.2) is 0 Å². The van der Waals surface area contributed by atoms with Crippen LogP contribution >= 0.6 is 0 Å². The molecule has 1 aliphatic rings. The first kappa shape index (κ1) is 19.2. The van der Waals surface area contributed by atoms with Crippen LogP contribution in [0.15, 0.2) is 48.8 Å². The van der Waals surface area contributed by atoms with Crippen LogP contribution < -0.4 is 0 Å². The van der Waals surface area contributed by atoms with E-state index < -0.39 is 5.60 Å². The normalized spacial score (nSPS) is 13.9. The van der Waals surface area contributed by atoms with Crippen molar-refractivity contribution in [2.24, 2.45) is 0 Å². The summed E-state index contributed by atoms with van der Waals surface area (Å²) in [5.41, 5.74) is 5.79. The molecule has 6 nitrogen and oxygen atoms in total. The number of amides is 1. The van der Waals surface area contributed by atoms with Gasteiger partial charge in [-0.15, -0.1) is 0 Å². The first-order chi connectivity index (χ1) is 13.8. The van der Waals surface area contributed by atoms with E-state index in [9.17, 15) is 4.79 Å². The molecule has 0 saturated carbocycles. The molecule has 0 saturated heterocycles. The van der Waals surface area contributed by atoms with Crippen molar-refractivity contribution >= 4 is 6.09 Å². The Balaban J connectivity index is 1.77. The largest absolute Gasteiger partial charge is 0.444 e. The number of carbonyl (C=O) groups is 1. The molecular formula is C23H26N4O2. The van der Waals surface area contributed by atoms with Gasteiger partial charge in [-0.1, -0.05) is 29.8 Å². The topological polar surface area (TPSA) is 60.2 Å². The number of hydrogen-bond donors (Lipinski definition) is 0. The van der Waals surface area contributed by atoms with E-state index in [1.54, 1.807) is 17.3 Å². The lowest BCUT2D eigenvalue weighted by Gasteiger charge is -2.30. The Hall–Kier alpha value is -3.15. The maximum Gasteiger partial charge on any atom is 0.410 e. The van der Waals surface area contributed by atoms with Crippen LogP contribution in [-0.2, 0) is 17.8 Å². The molecule has 2 aromatic heterocycles. The van der Waals surface area contributed by atoms with Gasteiger partial charge in [0.1, 0.15) is 11.3 Å². The minimum atomic E-state index is -0.518. The van der Waals surface area contributed by atoms with Gasteiger partial charge in [-0.3, -0.25) is 9.67 Å². The Bertz CT molecular complexity index is 1020. The molecule has 0 fully saturated rings. The zero-order valence-corrected chi connectivity index (χ0v) is 17.3. The third-order valence-corrected chi connectivity index (χ3v) is 4.93. The number of ether oxygens (including phenoxy) is 1. The van der Waals surface area contributed by atoms with Crippen molar-refractivity contribution in [2.75, 3.05) is 6.54 Å². The van der Waals surface area contributed by atoms with E-state index in [0.29, 0.717) is 19.6 Å². The fourth-order valence-corrected chi connectivity index (χ4v) is 3.54. The molecule has 1 aromatic carbocycles. The number of benzene rings is 1. The fourth-order valence-electron chi connectivity index (χ4n) is 3.54. The van der Waals surface area contributed by atoms with Crippen LogP contribution in [0.25, 0.3) is 22.4 Å². The van der Waals surface area contributed by atoms with Gasteiger partial charge in [0.2, 0.25) is 0 Å². The van der Waals surface area contributed by atoms with Gasteiger partial charge in [0.25, 0.3) is 0 Å². The molecular weight excluding hydrogens is 364 g/mol. The standard InChI is InChI=1S/C23H26N4O2/c1-16-5-7-18(8-6-16)21-20(17-9-11-24-12-10-17)19-15-26(13-14-27(19)25-21)22(28)29-23(2,3)4/h5-12H,13-15H2,1-4H3. The summed E-state index contributed by atoms with van der Waals surface area (Å²) in [4.78, 5) is 18.6. The summed E-state index contributed by atoms with van der Waals surface area (Å²) in [7, 11) is 0. The molecule has 6 heteroatoms. The van der Waals surface area contributed by atoms with Crippen molar-refractivity contribution in [3.63, 3.8) is 0 Å². The number of hydrogen-bond acceptors (Lipinski definition) is 4. The van der Waals surface area contributed by atoms with Crippen LogP contribution in [0.4, 0.5) is 4.79 Å². The van der Waals surface area contributed by atoms with Crippen LogP contribution in [0.2, 0.25) is 0 Å². The predicted octanol–water partition coefficient (Wildman–Crippen LogP) is 4.67. The van der Waals surface area contributed by atoms with Crippen LogP contribution in [-0.4, -0.2) is 37.9 Å². The minimum Gasteiger partial charge on any atom is -0.444 e.